The van der Waals surface area contributed by atoms with Crippen molar-refractivity contribution in [3.05, 3.63) is 23.7 Å². The monoisotopic (exact) mass is 225 g/mol. The highest BCUT2D eigenvalue weighted by atomic mass is 16.5. The van der Waals surface area contributed by atoms with E-state index in [1.165, 1.54) is 0 Å². The van der Waals surface area contributed by atoms with Crippen molar-refractivity contribution in [3.8, 4) is 0 Å². The van der Waals surface area contributed by atoms with E-state index in [0.717, 1.165) is 37.3 Å². The zero-order valence-corrected chi connectivity index (χ0v) is 9.70. The van der Waals surface area contributed by atoms with Crippen LogP contribution in [-0.4, -0.2) is 26.4 Å². The molecule has 16 heavy (non-hydrogen) atoms. The van der Waals surface area contributed by atoms with Crippen molar-refractivity contribution in [2.45, 2.75) is 32.1 Å². The van der Waals surface area contributed by atoms with Crippen LogP contribution in [0.4, 0.5) is 0 Å². The van der Waals surface area contributed by atoms with Crippen molar-refractivity contribution < 1.29 is 13.9 Å². The van der Waals surface area contributed by atoms with Crippen molar-refractivity contribution in [2.75, 3.05) is 20.3 Å². The average Bonchev–Trinajstić information content (AvgIpc) is 2.91. The van der Waals surface area contributed by atoms with Crippen LogP contribution in [0, 0.1) is 0 Å². The molecule has 1 unspecified atom stereocenters. The van der Waals surface area contributed by atoms with Gasteiger partial charge >= 0.3 is 0 Å². The maximum Gasteiger partial charge on any atom is 0.123 e. The van der Waals surface area contributed by atoms with Crippen LogP contribution < -0.4 is 5.32 Å². The predicted octanol–water partition coefficient (Wildman–Crippen LogP) is 1.69. The fourth-order valence-electron chi connectivity index (χ4n) is 1.89. The molecule has 1 aromatic heterocycles. The first-order chi connectivity index (χ1) is 7.90. The Morgan fingerprint density at radius 3 is 3.25 bits per heavy atom. The Morgan fingerprint density at radius 2 is 2.50 bits per heavy atom. The second-order valence-electron chi connectivity index (χ2n) is 4.05. The Labute approximate surface area is 95.9 Å². The molecule has 0 saturated carbocycles. The van der Waals surface area contributed by atoms with Gasteiger partial charge in [0.25, 0.3) is 0 Å². The molecule has 1 atom stereocenters. The van der Waals surface area contributed by atoms with Crippen molar-refractivity contribution in [1.29, 1.82) is 0 Å². The number of rotatable bonds is 6. The average molecular weight is 225 g/mol. The quantitative estimate of drug-likeness (QED) is 0.800. The van der Waals surface area contributed by atoms with Crippen LogP contribution >= 0.6 is 0 Å². The molecule has 90 valence electrons. The summed E-state index contributed by atoms with van der Waals surface area (Å²) in [5.41, 5.74) is 1.12. The summed E-state index contributed by atoms with van der Waals surface area (Å²) in [6.45, 7) is 2.91. The van der Waals surface area contributed by atoms with E-state index >= 15 is 0 Å². The van der Waals surface area contributed by atoms with Crippen LogP contribution in [0.2, 0.25) is 0 Å². The van der Waals surface area contributed by atoms with Crippen LogP contribution in [0.5, 0.6) is 0 Å². The van der Waals surface area contributed by atoms with E-state index in [1.807, 2.05) is 13.1 Å². The maximum atomic E-state index is 5.64. The summed E-state index contributed by atoms with van der Waals surface area (Å²) in [5.74, 6) is 0.954. The van der Waals surface area contributed by atoms with Gasteiger partial charge in [-0.05, 0) is 26.0 Å². The molecule has 2 heterocycles. The highest BCUT2D eigenvalue weighted by molar-refractivity contribution is 5.15. The molecule has 1 aromatic rings. The third-order valence-electron chi connectivity index (χ3n) is 2.76. The summed E-state index contributed by atoms with van der Waals surface area (Å²) in [7, 11) is 1.90. The SMILES string of the molecule is CNCc1occc1COCC1CCCO1. The van der Waals surface area contributed by atoms with Crippen molar-refractivity contribution in [3.63, 3.8) is 0 Å². The predicted molar refractivity (Wildman–Crippen MR) is 60.1 cm³/mol. The zero-order chi connectivity index (χ0) is 11.2. The highest BCUT2D eigenvalue weighted by Gasteiger charge is 2.15. The minimum atomic E-state index is 0.291. The summed E-state index contributed by atoms with van der Waals surface area (Å²) in [6, 6.07) is 1.96. The van der Waals surface area contributed by atoms with Gasteiger partial charge in [-0.3, -0.25) is 0 Å². The Kier molecular flexibility index (Phi) is 4.39. The van der Waals surface area contributed by atoms with Crippen LogP contribution in [0.25, 0.3) is 0 Å². The largest absolute Gasteiger partial charge is 0.468 e. The van der Waals surface area contributed by atoms with Crippen molar-refractivity contribution >= 4 is 0 Å². The van der Waals surface area contributed by atoms with Gasteiger partial charge in [-0.15, -0.1) is 0 Å². The van der Waals surface area contributed by atoms with Gasteiger partial charge < -0.3 is 19.2 Å². The van der Waals surface area contributed by atoms with E-state index in [1.54, 1.807) is 6.26 Å². The van der Waals surface area contributed by atoms with E-state index in [2.05, 4.69) is 5.32 Å². The molecule has 1 aliphatic heterocycles. The Balaban J connectivity index is 1.73. The molecule has 4 nitrogen and oxygen atoms in total. The van der Waals surface area contributed by atoms with Crippen LogP contribution in [0.3, 0.4) is 0 Å². The molecule has 1 fully saturated rings. The Bertz CT molecular complexity index is 305. The van der Waals surface area contributed by atoms with Crippen LogP contribution in [0.1, 0.15) is 24.2 Å². The van der Waals surface area contributed by atoms with Gasteiger partial charge in [0.1, 0.15) is 5.76 Å². The summed E-state index contributed by atoms with van der Waals surface area (Å²) in [5, 5.41) is 3.07. The van der Waals surface area contributed by atoms with Crippen LogP contribution in [0.15, 0.2) is 16.7 Å². The third-order valence-corrected chi connectivity index (χ3v) is 2.76. The lowest BCUT2D eigenvalue weighted by Gasteiger charge is -2.09. The highest BCUT2D eigenvalue weighted by Crippen LogP contribution is 2.15. The number of furan rings is 1. The summed E-state index contributed by atoms with van der Waals surface area (Å²) < 4.78 is 16.5. The lowest BCUT2D eigenvalue weighted by molar-refractivity contribution is 0.0102. The molecule has 0 bridgehead atoms. The topological polar surface area (TPSA) is 43.6 Å². The fraction of sp³-hybridized carbons (Fsp3) is 0.667. The molecule has 1 saturated heterocycles. The Hall–Kier alpha value is -0.840. The van der Waals surface area contributed by atoms with Gasteiger partial charge in [0, 0.05) is 12.2 Å². The first-order valence-electron chi connectivity index (χ1n) is 5.79. The van der Waals surface area contributed by atoms with E-state index in [0.29, 0.717) is 19.3 Å². The zero-order valence-electron chi connectivity index (χ0n) is 9.70. The molecule has 0 radical (unpaired) electrons. The molecular formula is C12H19NO3. The first-order valence-corrected chi connectivity index (χ1v) is 5.79. The van der Waals surface area contributed by atoms with Gasteiger partial charge in [-0.1, -0.05) is 0 Å². The second kappa shape index (κ2) is 6.03. The smallest absolute Gasteiger partial charge is 0.123 e. The van der Waals surface area contributed by atoms with E-state index in [4.69, 9.17) is 13.9 Å². The number of hydrogen-bond acceptors (Lipinski definition) is 4. The van der Waals surface area contributed by atoms with Gasteiger partial charge in [0.05, 0.1) is 32.1 Å². The molecule has 0 aromatic carbocycles. The minimum absolute atomic E-state index is 0.291. The lowest BCUT2D eigenvalue weighted by Crippen LogP contribution is -2.14. The number of hydrogen-bond donors (Lipinski definition) is 1. The van der Waals surface area contributed by atoms with Gasteiger partial charge in [-0.25, -0.2) is 0 Å². The van der Waals surface area contributed by atoms with Crippen molar-refractivity contribution in [1.82, 2.24) is 5.32 Å². The fourth-order valence-corrected chi connectivity index (χ4v) is 1.89. The summed E-state index contributed by atoms with van der Waals surface area (Å²) in [4.78, 5) is 0. The van der Waals surface area contributed by atoms with E-state index in [9.17, 15) is 0 Å². The van der Waals surface area contributed by atoms with Crippen LogP contribution in [-0.2, 0) is 22.6 Å². The normalized spacial score (nSPS) is 20.4. The second-order valence-corrected chi connectivity index (χ2v) is 4.05. The Morgan fingerprint density at radius 1 is 1.56 bits per heavy atom. The molecule has 1 N–H and O–H groups in total. The summed E-state index contributed by atoms with van der Waals surface area (Å²) in [6.07, 6.45) is 4.27. The number of nitrogens with one attached hydrogen (secondary N) is 1. The molecule has 1 aliphatic rings. The van der Waals surface area contributed by atoms with Gasteiger partial charge in [-0.2, -0.15) is 0 Å². The third kappa shape index (κ3) is 3.07. The minimum Gasteiger partial charge on any atom is -0.468 e. The first kappa shape index (κ1) is 11.6. The molecule has 2 rings (SSSR count). The molecule has 0 aliphatic carbocycles. The molecular weight excluding hydrogens is 206 g/mol. The van der Waals surface area contributed by atoms with Crippen molar-refractivity contribution in [2.24, 2.45) is 0 Å². The molecule has 0 amide bonds. The summed E-state index contributed by atoms with van der Waals surface area (Å²) >= 11 is 0. The molecule has 4 heteroatoms. The van der Waals surface area contributed by atoms with E-state index in [-0.39, 0.29) is 0 Å². The maximum absolute atomic E-state index is 5.64. The lowest BCUT2D eigenvalue weighted by atomic mass is 10.2. The van der Waals surface area contributed by atoms with E-state index < -0.39 is 0 Å². The standard InChI is InChI=1S/C12H19NO3/c1-13-7-12-10(4-6-16-12)8-14-9-11-3-2-5-15-11/h4,6,11,13H,2-3,5,7-9H2,1H3. The van der Waals surface area contributed by atoms with Gasteiger partial charge in [0.2, 0.25) is 0 Å². The molecule has 0 spiro atoms. The van der Waals surface area contributed by atoms with Gasteiger partial charge in [0.15, 0.2) is 0 Å². The number of ether oxygens (including phenoxy) is 2.